The van der Waals surface area contributed by atoms with Gasteiger partial charge in [-0.3, -0.25) is 4.79 Å². The molecule has 1 atom stereocenters. The lowest BCUT2D eigenvalue weighted by Gasteiger charge is -2.27. The lowest BCUT2D eigenvalue weighted by Crippen LogP contribution is -2.39. The number of benzene rings is 2. The van der Waals surface area contributed by atoms with Crippen LogP contribution in [0.3, 0.4) is 0 Å². The minimum absolute atomic E-state index is 0.0495. The largest absolute Gasteiger partial charge is 0.495 e. The third-order valence-corrected chi connectivity index (χ3v) is 6.09. The molecule has 1 N–H and O–H groups in total. The highest BCUT2D eigenvalue weighted by molar-refractivity contribution is 8.00. The average Bonchev–Trinajstić information content (AvgIpc) is 3.07. The Labute approximate surface area is 173 Å². The molecule has 0 radical (unpaired) electrons. The van der Waals surface area contributed by atoms with Crippen molar-refractivity contribution in [1.29, 1.82) is 0 Å². The zero-order valence-corrected chi connectivity index (χ0v) is 17.3. The fraction of sp³-hybridized carbons (Fsp3) is 0.300. The molecule has 1 aliphatic rings. The van der Waals surface area contributed by atoms with Crippen LogP contribution in [0.25, 0.3) is 0 Å². The summed E-state index contributed by atoms with van der Waals surface area (Å²) >= 11 is 7.86. The van der Waals surface area contributed by atoms with E-state index in [2.05, 4.69) is 5.32 Å². The summed E-state index contributed by atoms with van der Waals surface area (Å²) in [6.07, 6.45) is 0. The fourth-order valence-electron chi connectivity index (χ4n) is 2.95. The molecule has 0 aromatic heterocycles. The van der Waals surface area contributed by atoms with E-state index in [0.29, 0.717) is 35.3 Å². The van der Waals surface area contributed by atoms with Gasteiger partial charge in [-0.1, -0.05) is 41.9 Å². The molecule has 1 fully saturated rings. The van der Waals surface area contributed by atoms with Gasteiger partial charge in [-0.15, -0.1) is 11.8 Å². The second-order valence-corrected chi connectivity index (χ2v) is 7.80. The molecular formula is C20H22ClN3O3S. The van der Waals surface area contributed by atoms with Crippen molar-refractivity contribution < 1.29 is 14.3 Å². The van der Waals surface area contributed by atoms with Crippen molar-refractivity contribution in [3.8, 4) is 5.75 Å². The molecule has 6 nitrogen and oxygen atoms in total. The van der Waals surface area contributed by atoms with E-state index in [9.17, 15) is 9.59 Å². The summed E-state index contributed by atoms with van der Waals surface area (Å²) < 4.78 is 5.25. The summed E-state index contributed by atoms with van der Waals surface area (Å²) in [6, 6.07) is 14.5. The fourth-order valence-corrected chi connectivity index (χ4v) is 4.50. The molecule has 28 heavy (non-hydrogen) atoms. The number of para-hydroxylation sites is 2. The zero-order valence-electron chi connectivity index (χ0n) is 15.7. The lowest BCUT2D eigenvalue weighted by atomic mass is 10.2. The van der Waals surface area contributed by atoms with E-state index < -0.39 is 0 Å². The summed E-state index contributed by atoms with van der Waals surface area (Å²) in [4.78, 5) is 28.2. The lowest BCUT2D eigenvalue weighted by molar-refractivity contribution is -0.128. The van der Waals surface area contributed by atoms with Crippen molar-refractivity contribution in [2.45, 2.75) is 5.37 Å². The van der Waals surface area contributed by atoms with Crippen LogP contribution in [0.15, 0.2) is 48.5 Å². The van der Waals surface area contributed by atoms with E-state index in [0.717, 1.165) is 5.56 Å². The number of anilines is 1. The number of rotatable bonds is 6. The Morgan fingerprint density at radius 3 is 2.75 bits per heavy atom. The minimum Gasteiger partial charge on any atom is -0.495 e. The first-order chi connectivity index (χ1) is 13.5. The standard InChI is InChI=1S/C20H22ClN3O3S/c1-23(20(26)22-16-9-5-6-10-17(16)27-2)11-12-24-18(25)13-28-19(24)14-7-3-4-8-15(14)21/h3-10,19H,11-13H2,1-2H3,(H,22,26)/t19-/m1/s1. The van der Waals surface area contributed by atoms with E-state index in [4.69, 9.17) is 16.3 Å². The molecule has 148 valence electrons. The van der Waals surface area contributed by atoms with Gasteiger partial charge in [0.25, 0.3) is 0 Å². The van der Waals surface area contributed by atoms with Crippen LogP contribution in [-0.4, -0.2) is 54.7 Å². The Balaban J connectivity index is 1.62. The number of amides is 3. The molecule has 2 aromatic rings. The van der Waals surface area contributed by atoms with Gasteiger partial charge in [0.15, 0.2) is 0 Å². The Morgan fingerprint density at radius 1 is 1.29 bits per heavy atom. The van der Waals surface area contributed by atoms with Gasteiger partial charge in [0.2, 0.25) is 5.91 Å². The zero-order chi connectivity index (χ0) is 20.1. The maximum Gasteiger partial charge on any atom is 0.321 e. The van der Waals surface area contributed by atoms with E-state index in [1.165, 1.54) is 0 Å². The van der Waals surface area contributed by atoms with Crippen molar-refractivity contribution in [2.75, 3.05) is 38.3 Å². The number of nitrogens with zero attached hydrogens (tertiary/aromatic N) is 2. The SMILES string of the molecule is COc1ccccc1NC(=O)N(C)CCN1C(=O)CS[C@@H]1c1ccccc1Cl. The van der Waals surface area contributed by atoms with Gasteiger partial charge in [0.05, 0.1) is 18.6 Å². The monoisotopic (exact) mass is 419 g/mol. The minimum atomic E-state index is -0.266. The van der Waals surface area contributed by atoms with Crippen molar-refractivity contribution in [2.24, 2.45) is 0 Å². The summed E-state index contributed by atoms with van der Waals surface area (Å²) in [6.45, 7) is 0.825. The molecule has 1 aliphatic heterocycles. The smallest absolute Gasteiger partial charge is 0.321 e. The van der Waals surface area contributed by atoms with Crippen LogP contribution in [-0.2, 0) is 4.79 Å². The number of carbonyl (C=O) groups excluding carboxylic acids is 2. The number of carbonyl (C=O) groups is 2. The van der Waals surface area contributed by atoms with E-state index in [-0.39, 0.29) is 17.3 Å². The molecular weight excluding hydrogens is 398 g/mol. The highest BCUT2D eigenvalue weighted by Gasteiger charge is 2.33. The topological polar surface area (TPSA) is 61.9 Å². The second-order valence-electron chi connectivity index (χ2n) is 6.32. The Bertz CT molecular complexity index is 864. The van der Waals surface area contributed by atoms with Gasteiger partial charge in [-0.25, -0.2) is 4.79 Å². The molecule has 1 heterocycles. The molecule has 3 rings (SSSR count). The normalized spacial score (nSPS) is 16.2. The number of nitrogens with one attached hydrogen (secondary N) is 1. The first kappa shape index (κ1) is 20.4. The van der Waals surface area contributed by atoms with Gasteiger partial charge in [0.1, 0.15) is 11.1 Å². The number of thioether (sulfide) groups is 1. The number of halogens is 1. The highest BCUT2D eigenvalue weighted by Crippen LogP contribution is 2.41. The van der Waals surface area contributed by atoms with Gasteiger partial charge >= 0.3 is 6.03 Å². The van der Waals surface area contributed by atoms with Gasteiger partial charge in [-0.2, -0.15) is 0 Å². The quantitative estimate of drug-likeness (QED) is 0.766. The first-order valence-electron chi connectivity index (χ1n) is 8.82. The summed E-state index contributed by atoms with van der Waals surface area (Å²) in [5.74, 6) is 1.05. The molecule has 0 aliphatic carbocycles. The maximum absolute atomic E-state index is 12.5. The number of urea groups is 1. The predicted molar refractivity (Wildman–Crippen MR) is 113 cm³/mol. The number of likely N-dealkylation sites (N-methyl/N-ethyl adjacent to an activating group) is 1. The second kappa shape index (κ2) is 9.21. The van der Waals surface area contributed by atoms with Crippen LogP contribution in [0, 0.1) is 0 Å². The first-order valence-corrected chi connectivity index (χ1v) is 10.2. The van der Waals surface area contributed by atoms with Crippen LogP contribution in [0.5, 0.6) is 5.75 Å². The molecule has 0 spiro atoms. The number of ether oxygens (including phenoxy) is 1. The third kappa shape index (κ3) is 4.54. The number of hydrogen-bond donors (Lipinski definition) is 1. The van der Waals surface area contributed by atoms with Crippen molar-refractivity contribution >= 4 is 41.0 Å². The molecule has 1 saturated heterocycles. The Kier molecular flexibility index (Phi) is 6.70. The highest BCUT2D eigenvalue weighted by atomic mass is 35.5. The van der Waals surface area contributed by atoms with E-state index >= 15 is 0 Å². The van der Waals surface area contributed by atoms with Gasteiger partial charge in [-0.05, 0) is 18.2 Å². The molecule has 0 unspecified atom stereocenters. The maximum atomic E-state index is 12.5. The summed E-state index contributed by atoms with van der Waals surface area (Å²) in [5.41, 5.74) is 1.52. The van der Waals surface area contributed by atoms with Crippen molar-refractivity contribution in [1.82, 2.24) is 9.80 Å². The van der Waals surface area contributed by atoms with Crippen LogP contribution in [0.4, 0.5) is 10.5 Å². The molecule has 0 bridgehead atoms. The van der Waals surface area contributed by atoms with Crippen LogP contribution < -0.4 is 10.1 Å². The summed E-state index contributed by atoms with van der Waals surface area (Å²) in [5, 5.41) is 3.34. The number of methoxy groups -OCH3 is 1. The van der Waals surface area contributed by atoms with Crippen LogP contribution in [0.1, 0.15) is 10.9 Å². The van der Waals surface area contributed by atoms with E-state index in [1.807, 2.05) is 36.4 Å². The van der Waals surface area contributed by atoms with E-state index in [1.54, 1.807) is 47.9 Å². The van der Waals surface area contributed by atoms with Crippen LogP contribution in [0.2, 0.25) is 5.02 Å². The third-order valence-electron chi connectivity index (χ3n) is 4.51. The average molecular weight is 420 g/mol. The van der Waals surface area contributed by atoms with Crippen LogP contribution >= 0.6 is 23.4 Å². The summed E-state index contributed by atoms with van der Waals surface area (Å²) in [7, 11) is 3.25. The van der Waals surface area contributed by atoms with Gasteiger partial charge in [0, 0.05) is 30.7 Å². The van der Waals surface area contributed by atoms with Crippen molar-refractivity contribution in [3.63, 3.8) is 0 Å². The molecule has 3 amide bonds. The van der Waals surface area contributed by atoms with Gasteiger partial charge < -0.3 is 19.9 Å². The number of hydrogen-bond acceptors (Lipinski definition) is 4. The molecule has 0 saturated carbocycles. The van der Waals surface area contributed by atoms with Crippen molar-refractivity contribution in [3.05, 3.63) is 59.1 Å². The molecule has 8 heteroatoms. The predicted octanol–water partition coefficient (Wildman–Crippen LogP) is 4.09. The molecule has 2 aromatic carbocycles. The Hall–Kier alpha value is -2.38. The Morgan fingerprint density at radius 2 is 2.00 bits per heavy atom.